The van der Waals surface area contributed by atoms with Gasteiger partial charge in [0.1, 0.15) is 7.22 Å². The Morgan fingerprint density at radius 1 is 1.18 bits per heavy atom. The highest BCUT2D eigenvalue weighted by Gasteiger charge is 2.12. The number of aryl methyl sites for hydroxylation is 1. The minimum absolute atomic E-state index is 0.923. The molecule has 0 aliphatic carbocycles. The molecule has 0 amide bonds. The van der Waals surface area contributed by atoms with Crippen molar-refractivity contribution in [3.8, 4) is 0 Å². The van der Waals surface area contributed by atoms with Crippen LogP contribution in [0.2, 0.25) is 19.6 Å². The monoisotopic (exact) mass is 265 g/mol. The molecular formula is C14H23NSSi. The highest BCUT2D eigenvalue weighted by molar-refractivity contribution is 8.28. The lowest BCUT2D eigenvalue weighted by Crippen LogP contribution is -2.14. The van der Waals surface area contributed by atoms with E-state index in [0.717, 1.165) is 6.54 Å². The van der Waals surface area contributed by atoms with Crippen LogP contribution in [-0.4, -0.2) is 25.7 Å². The van der Waals surface area contributed by atoms with E-state index >= 15 is 0 Å². The molecule has 0 aromatic heterocycles. The SMILES string of the molecule is Cc1ccc(/C=N\CCCS[Si](C)(C)C)cc1. The molecule has 17 heavy (non-hydrogen) atoms. The fourth-order valence-corrected chi connectivity index (χ4v) is 4.51. The normalized spacial score (nSPS) is 12.2. The van der Waals surface area contributed by atoms with Crippen molar-refractivity contribution in [2.24, 2.45) is 4.99 Å². The lowest BCUT2D eigenvalue weighted by atomic mass is 10.2. The van der Waals surface area contributed by atoms with Gasteiger partial charge in [0.25, 0.3) is 0 Å². The summed E-state index contributed by atoms with van der Waals surface area (Å²) < 4.78 is 0. The molecule has 0 heterocycles. The van der Waals surface area contributed by atoms with Crippen LogP contribution in [0.3, 0.4) is 0 Å². The van der Waals surface area contributed by atoms with Crippen LogP contribution < -0.4 is 0 Å². The third-order valence-electron chi connectivity index (χ3n) is 2.28. The van der Waals surface area contributed by atoms with E-state index in [1.807, 2.05) is 6.21 Å². The van der Waals surface area contributed by atoms with E-state index in [-0.39, 0.29) is 0 Å². The highest BCUT2D eigenvalue weighted by atomic mass is 32.4. The number of hydrogen-bond acceptors (Lipinski definition) is 2. The van der Waals surface area contributed by atoms with Gasteiger partial charge in [0.05, 0.1) is 0 Å². The first-order valence-corrected chi connectivity index (χ1v) is 11.4. The molecule has 0 aliphatic heterocycles. The summed E-state index contributed by atoms with van der Waals surface area (Å²) in [7, 11) is -0.923. The zero-order chi connectivity index (χ0) is 12.7. The molecule has 94 valence electrons. The Bertz CT molecular complexity index is 351. The molecule has 1 rings (SSSR count). The van der Waals surface area contributed by atoms with Gasteiger partial charge in [-0.25, -0.2) is 0 Å². The van der Waals surface area contributed by atoms with Crippen LogP contribution in [0.1, 0.15) is 17.5 Å². The molecule has 0 saturated heterocycles. The first-order chi connectivity index (χ1) is 7.97. The number of nitrogens with zero attached hydrogens (tertiary/aromatic N) is 1. The van der Waals surface area contributed by atoms with E-state index in [9.17, 15) is 0 Å². The number of benzene rings is 1. The topological polar surface area (TPSA) is 12.4 Å². The molecule has 0 atom stereocenters. The highest BCUT2D eigenvalue weighted by Crippen LogP contribution is 2.19. The van der Waals surface area contributed by atoms with Crippen molar-refractivity contribution in [3.63, 3.8) is 0 Å². The van der Waals surface area contributed by atoms with Crippen LogP contribution in [0, 0.1) is 6.92 Å². The maximum Gasteiger partial charge on any atom is 0.108 e. The Kier molecular flexibility index (Phi) is 5.99. The van der Waals surface area contributed by atoms with Crippen LogP contribution in [0.25, 0.3) is 0 Å². The molecule has 0 N–H and O–H groups in total. The average molecular weight is 265 g/mol. The molecule has 1 aromatic rings. The van der Waals surface area contributed by atoms with Gasteiger partial charge in [-0.05, 0) is 24.7 Å². The zero-order valence-corrected chi connectivity index (χ0v) is 13.2. The standard InChI is InChI=1S/C14H23NSSi/c1-13-6-8-14(9-7-13)12-15-10-5-11-16-17(2,3)4/h6-9,12H,5,10-11H2,1-4H3/b15-12-. The zero-order valence-electron chi connectivity index (χ0n) is 11.4. The molecular weight excluding hydrogens is 242 g/mol. The lowest BCUT2D eigenvalue weighted by Gasteiger charge is -2.13. The average Bonchev–Trinajstić information content (AvgIpc) is 2.24. The summed E-state index contributed by atoms with van der Waals surface area (Å²) in [6.07, 6.45) is 3.18. The van der Waals surface area contributed by atoms with Gasteiger partial charge < -0.3 is 0 Å². The van der Waals surface area contributed by atoms with Crippen molar-refractivity contribution in [1.29, 1.82) is 0 Å². The van der Waals surface area contributed by atoms with Crippen LogP contribution in [0.15, 0.2) is 29.3 Å². The summed E-state index contributed by atoms with van der Waals surface area (Å²) in [6, 6.07) is 8.50. The van der Waals surface area contributed by atoms with E-state index in [2.05, 4.69) is 67.0 Å². The number of hydrogen-bond donors (Lipinski definition) is 0. The summed E-state index contributed by atoms with van der Waals surface area (Å²) in [5.74, 6) is 1.25. The predicted molar refractivity (Wildman–Crippen MR) is 84.1 cm³/mol. The fourth-order valence-electron chi connectivity index (χ4n) is 1.36. The quantitative estimate of drug-likeness (QED) is 0.422. The van der Waals surface area contributed by atoms with Crippen molar-refractivity contribution in [2.45, 2.75) is 33.0 Å². The molecule has 0 spiro atoms. The van der Waals surface area contributed by atoms with Gasteiger partial charge in [-0.1, -0.05) is 49.5 Å². The van der Waals surface area contributed by atoms with E-state index in [1.165, 1.54) is 23.3 Å². The Morgan fingerprint density at radius 2 is 1.82 bits per heavy atom. The minimum Gasteiger partial charge on any atom is -0.293 e. The molecule has 0 radical (unpaired) electrons. The van der Waals surface area contributed by atoms with Crippen LogP contribution in [0.4, 0.5) is 0 Å². The summed E-state index contributed by atoms with van der Waals surface area (Å²) in [6.45, 7) is 10.2. The maximum absolute atomic E-state index is 4.47. The van der Waals surface area contributed by atoms with E-state index in [1.54, 1.807) is 0 Å². The Morgan fingerprint density at radius 3 is 2.41 bits per heavy atom. The third kappa shape index (κ3) is 7.39. The van der Waals surface area contributed by atoms with Crippen LogP contribution in [-0.2, 0) is 0 Å². The molecule has 3 heteroatoms. The van der Waals surface area contributed by atoms with Crippen molar-refractivity contribution in [3.05, 3.63) is 35.4 Å². The minimum atomic E-state index is -0.923. The fraction of sp³-hybridized carbons (Fsp3) is 0.500. The van der Waals surface area contributed by atoms with Crippen molar-refractivity contribution in [2.75, 3.05) is 12.3 Å². The second-order valence-corrected chi connectivity index (χ2v) is 14.7. The first kappa shape index (κ1) is 14.5. The smallest absolute Gasteiger partial charge is 0.108 e. The summed E-state index contributed by atoms with van der Waals surface area (Å²) in [4.78, 5) is 4.47. The maximum atomic E-state index is 4.47. The lowest BCUT2D eigenvalue weighted by molar-refractivity contribution is 0.950. The molecule has 0 unspecified atom stereocenters. The Balaban J connectivity index is 2.20. The number of aliphatic imine (C=N–C) groups is 1. The van der Waals surface area contributed by atoms with Crippen LogP contribution >= 0.6 is 11.2 Å². The molecule has 0 aliphatic rings. The second-order valence-electron chi connectivity index (χ2n) is 5.26. The van der Waals surface area contributed by atoms with Gasteiger partial charge in [-0.3, -0.25) is 4.99 Å². The molecule has 1 nitrogen and oxygen atoms in total. The summed E-state index contributed by atoms with van der Waals surface area (Å²) in [5.41, 5.74) is 2.50. The molecule has 1 aromatic carbocycles. The van der Waals surface area contributed by atoms with E-state index < -0.39 is 7.22 Å². The van der Waals surface area contributed by atoms with Gasteiger partial charge in [0.2, 0.25) is 0 Å². The van der Waals surface area contributed by atoms with Gasteiger partial charge in [-0.15, -0.1) is 0 Å². The van der Waals surface area contributed by atoms with Gasteiger partial charge in [-0.2, -0.15) is 11.2 Å². The Labute approximate surface area is 110 Å². The predicted octanol–water partition coefficient (Wildman–Crippen LogP) is 4.37. The van der Waals surface area contributed by atoms with Gasteiger partial charge in [0.15, 0.2) is 0 Å². The molecule has 0 saturated carbocycles. The van der Waals surface area contributed by atoms with Crippen molar-refractivity contribution in [1.82, 2.24) is 0 Å². The van der Waals surface area contributed by atoms with Gasteiger partial charge >= 0.3 is 0 Å². The second kappa shape index (κ2) is 7.02. The largest absolute Gasteiger partial charge is 0.293 e. The number of rotatable bonds is 6. The van der Waals surface area contributed by atoms with Crippen LogP contribution in [0.5, 0.6) is 0 Å². The molecule has 0 bridgehead atoms. The van der Waals surface area contributed by atoms with E-state index in [0.29, 0.717) is 0 Å². The molecule has 0 fully saturated rings. The van der Waals surface area contributed by atoms with Crippen molar-refractivity contribution >= 4 is 24.6 Å². The Hall–Kier alpha value is -0.543. The van der Waals surface area contributed by atoms with E-state index in [4.69, 9.17) is 0 Å². The summed E-state index contributed by atoms with van der Waals surface area (Å²) >= 11 is 2.15. The van der Waals surface area contributed by atoms with Crippen molar-refractivity contribution < 1.29 is 0 Å². The van der Waals surface area contributed by atoms with Gasteiger partial charge in [0, 0.05) is 12.8 Å². The summed E-state index contributed by atoms with van der Waals surface area (Å²) in [5, 5.41) is 0. The first-order valence-electron chi connectivity index (χ1n) is 6.18. The third-order valence-corrected chi connectivity index (χ3v) is 6.85.